The number of halogens is 1. The summed E-state index contributed by atoms with van der Waals surface area (Å²) in [5.41, 5.74) is 2.03. The molecule has 1 aliphatic heterocycles. The molecule has 1 aliphatic rings. The zero-order chi connectivity index (χ0) is 15.0. The van der Waals surface area contributed by atoms with Crippen LogP contribution in [0.5, 0.6) is 5.75 Å². The average molecular weight is 303 g/mol. The van der Waals surface area contributed by atoms with Gasteiger partial charge in [-0.15, -0.1) is 0 Å². The largest absolute Gasteiger partial charge is 0.508 e. The summed E-state index contributed by atoms with van der Waals surface area (Å²) in [6.07, 6.45) is 0. The second-order valence-corrected chi connectivity index (χ2v) is 5.12. The monoisotopic (exact) mass is 302 g/mol. The number of hydrogen-bond donors (Lipinski definition) is 3. The molecule has 0 fully saturated rings. The molecule has 0 unspecified atom stereocenters. The van der Waals surface area contributed by atoms with Gasteiger partial charge >= 0.3 is 0 Å². The fraction of sp³-hybridized carbons (Fsp3) is 0.0667. The molecule has 0 saturated carbocycles. The van der Waals surface area contributed by atoms with Crippen LogP contribution in [0.4, 0.5) is 5.69 Å². The second-order valence-electron chi connectivity index (χ2n) is 4.68. The van der Waals surface area contributed by atoms with E-state index < -0.39 is 5.91 Å². The summed E-state index contributed by atoms with van der Waals surface area (Å²) < 4.78 is 0. The summed E-state index contributed by atoms with van der Waals surface area (Å²) in [7, 11) is 0. The molecular weight excluding hydrogens is 292 g/mol. The number of phenols is 1. The average Bonchev–Trinajstić information content (AvgIpc) is 2.71. The van der Waals surface area contributed by atoms with Gasteiger partial charge in [-0.2, -0.15) is 0 Å². The highest BCUT2D eigenvalue weighted by Gasteiger charge is 2.29. The van der Waals surface area contributed by atoms with Gasteiger partial charge < -0.3 is 10.4 Å². The smallest absolute Gasteiger partial charge is 0.261 e. The zero-order valence-corrected chi connectivity index (χ0v) is 11.6. The number of anilines is 1. The topological polar surface area (TPSA) is 78.4 Å². The van der Waals surface area contributed by atoms with Crippen LogP contribution in [0.15, 0.2) is 36.4 Å². The normalized spacial score (nSPS) is 13.0. The van der Waals surface area contributed by atoms with Crippen molar-refractivity contribution in [2.45, 2.75) is 6.54 Å². The van der Waals surface area contributed by atoms with Crippen LogP contribution < -0.4 is 10.6 Å². The number of amides is 2. The van der Waals surface area contributed by atoms with Gasteiger partial charge in [0.1, 0.15) is 5.75 Å². The Kier molecular flexibility index (Phi) is 3.27. The standard InChI is InChI=1S/C15H11ClN2O3/c16-9-4-8(5-10(19)6-9)7-17-12-3-1-2-11-13(12)15(21)18-14(11)20/h1-6,17,19H,7H2,(H,18,20,21). The molecule has 3 N–H and O–H groups in total. The number of rotatable bonds is 3. The summed E-state index contributed by atoms with van der Waals surface area (Å²) in [6, 6.07) is 9.76. The van der Waals surface area contributed by atoms with Crippen LogP contribution in [0, 0.1) is 0 Å². The number of fused-ring (bicyclic) bond motifs is 1. The molecule has 2 aromatic carbocycles. The predicted molar refractivity (Wildman–Crippen MR) is 78.7 cm³/mol. The Balaban J connectivity index is 1.87. The molecule has 0 radical (unpaired) electrons. The van der Waals surface area contributed by atoms with Crippen LogP contribution in [-0.4, -0.2) is 16.9 Å². The van der Waals surface area contributed by atoms with E-state index in [0.29, 0.717) is 28.4 Å². The van der Waals surface area contributed by atoms with Gasteiger partial charge in [-0.3, -0.25) is 14.9 Å². The zero-order valence-electron chi connectivity index (χ0n) is 10.8. The molecule has 5 nitrogen and oxygen atoms in total. The Hall–Kier alpha value is -2.53. The van der Waals surface area contributed by atoms with Gasteiger partial charge in [0.2, 0.25) is 0 Å². The second kappa shape index (κ2) is 5.10. The van der Waals surface area contributed by atoms with Gasteiger partial charge in [0.05, 0.1) is 11.1 Å². The lowest BCUT2D eigenvalue weighted by Crippen LogP contribution is -2.20. The minimum atomic E-state index is -0.410. The third-order valence-electron chi connectivity index (χ3n) is 3.19. The minimum Gasteiger partial charge on any atom is -0.508 e. The lowest BCUT2D eigenvalue weighted by molar-refractivity contribution is 0.0880. The van der Waals surface area contributed by atoms with Gasteiger partial charge in [0, 0.05) is 17.3 Å². The Labute approximate surface area is 125 Å². The van der Waals surface area contributed by atoms with Gasteiger partial charge in [-0.25, -0.2) is 0 Å². The molecule has 2 aromatic rings. The van der Waals surface area contributed by atoms with E-state index in [9.17, 15) is 14.7 Å². The highest BCUT2D eigenvalue weighted by Crippen LogP contribution is 2.26. The van der Waals surface area contributed by atoms with Gasteiger partial charge in [-0.05, 0) is 35.9 Å². The molecule has 0 saturated heterocycles. The van der Waals surface area contributed by atoms with Crippen molar-refractivity contribution in [3.05, 3.63) is 58.1 Å². The number of aromatic hydroxyl groups is 1. The molecule has 0 aliphatic carbocycles. The molecule has 1 heterocycles. The van der Waals surface area contributed by atoms with Gasteiger partial charge in [0.25, 0.3) is 11.8 Å². The first-order valence-electron chi connectivity index (χ1n) is 6.25. The third-order valence-corrected chi connectivity index (χ3v) is 3.41. The van der Waals surface area contributed by atoms with Crippen molar-refractivity contribution >= 4 is 29.1 Å². The number of nitrogens with one attached hydrogen (secondary N) is 2. The summed E-state index contributed by atoms with van der Waals surface area (Å²) in [5.74, 6) is -0.725. The highest BCUT2D eigenvalue weighted by atomic mass is 35.5. The number of imide groups is 1. The van der Waals surface area contributed by atoms with Gasteiger partial charge in [0.15, 0.2) is 0 Å². The first kappa shape index (κ1) is 13.5. The maximum absolute atomic E-state index is 11.8. The van der Waals surface area contributed by atoms with Crippen LogP contribution in [0.1, 0.15) is 26.3 Å². The molecular formula is C15H11ClN2O3. The van der Waals surface area contributed by atoms with Crippen molar-refractivity contribution in [2.75, 3.05) is 5.32 Å². The van der Waals surface area contributed by atoms with E-state index in [-0.39, 0.29) is 11.7 Å². The van der Waals surface area contributed by atoms with Crippen molar-refractivity contribution in [1.82, 2.24) is 5.32 Å². The number of phenolic OH excluding ortho intramolecular Hbond substituents is 1. The van der Waals surface area contributed by atoms with Gasteiger partial charge in [-0.1, -0.05) is 17.7 Å². The van der Waals surface area contributed by atoms with Crippen molar-refractivity contribution in [3.63, 3.8) is 0 Å². The Morgan fingerprint density at radius 3 is 2.71 bits per heavy atom. The summed E-state index contributed by atoms with van der Waals surface area (Å²) in [4.78, 5) is 23.4. The third kappa shape index (κ3) is 2.55. The Bertz CT molecular complexity index is 738. The number of hydrogen-bond acceptors (Lipinski definition) is 4. The molecule has 0 spiro atoms. The molecule has 2 amide bonds. The molecule has 3 rings (SSSR count). The van der Waals surface area contributed by atoms with E-state index in [1.54, 1.807) is 30.3 Å². The summed E-state index contributed by atoms with van der Waals surface area (Å²) in [6.45, 7) is 0.367. The van der Waals surface area contributed by atoms with E-state index in [4.69, 9.17) is 11.6 Å². The lowest BCUT2D eigenvalue weighted by Gasteiger charge is -2.10. The maximum atomic E-state index is 11.8. The molecule has 0 atom stereocenters. The molecule has 6 heteroatoms. The van der Waals surface area contributed by atoms with Crippen LogP contribution in [-0.2, 0) is 6.54 Å². The molecule has 0 bridgehead atoms. The highest BCUT2D eigenvalue weighted by molar-refractivity contribution is 6.30. The molecule has 21 heavy (non-hydrogen) atoms. The van der Waals surface area contributed by atoms with Crippen molar-refractivity contribution in [1.29, 1.82) is 0 Å². The van der Waals surface area contributed by atoms with Crippen molar-refractivity contribution in [3.8, 4) is 5.75 Å². The van der Waals surface area contributed by atoms with E-state index >= 15 is 0 Å². The molecule has 0 aromatic heterocycles. The fourth-order valence-electron chi connectivity index (χ4n) is 2.30. The van der Waals surface area contributed by atoms with Crippen LogP contribution in [0.3, 0.4) is 0 Å². The van der Waals surface area contributed by atoms with E-state index in [2.05, 4.69) is 10.6 Å². The van der Waals surface area contributed by atoms with Crippen molar-refractivity contribution < 1.29 is 14.7 Å². The van der Waals surface area contributed by atoms with E-state index in [1.807, 2.05) is 0 Å². The summed E-state index contributed by atoms with van der Waals surface area (Å²) in [5, 5.41) is 15.3. The van der Waals surface area contributed by atoms with Crippen LogP contribution >= 0.6 is 11.6 Å². The molecule has 106 valence electrons. The maximum Gasteiger partial charge on any atom is 0.261 e. The first-order valence-corrected chi connectivity index (χ1v) is 6.63. The predicted octanol–water partition coefficient (Wildman–Crippen LogP) is 2.54. The lowest BCUT2D eigenvalue weighted by atomic mass is 10.1. The van der Waals surface area contributed by atoms with E-state index in [0.717, 1.165) is 5.56 Å². The quantitative estimate of drug-likeness (QED) is 0.761. The van der Waals surface area contributed by atoms with Crippen LogP contribution in [0.25, 0.3) is 0 Å². The Morgan fingerprint density at radius 2 is 1.95 bits per heavy atom. The van der Waals surface area contributed by atoms with Crippen LogP contribution in [0.2, 0.25) is 5.02 Å². The Morgan fingerprint density at radius 1 is 1.14 bits per heavy atom. The number of carbonyl (C=O) groups excluding carboxylic acids is 2. The number of benzene rings is 2. The fourth-order valence-corrected chi connectivity index (χ4v) is 2.55. The van der Waals surface area contributed by atoms with E-state index in [1.165, 1.54) is 6.07 Å². The summed E-state index contributed by atoms with van der Waals surface area (Å²) >= 11 is 5.87. The number of carbonyl (C=O) groups is 2. The SMILES string of the molecule is O=C1NC(=O)c2c(NCc3cc(O)cc(Cl)c3)cccc21. The minimum absolute atomic E-state index is 0.0745. The first-order chi connectivity index (χ1) is 10.0. The van der Waals surface area contributed by atoms with Crippen molar-refractivity contribution in [2.24, 2.45) is 0 Å².